The predicted molar refractivity (Wildman–Crippen MR) is 78.4 cm³/mol. The van der Waals surface area contributed by atoms with E-state index < -0.39 is 10.2 Å². The maximum Gasteiger partial charge on any atom is 0.281 e. The van der Waals surface area contributed by atoms with E-state index in [-0.39, 0.29) is 0 Å². The van der Waals surface area contributed by atoms with Crippen molar-refractivity contribution in [3.8, 4) is 0 Å². The van der Waals surface area contributed by atoms with Gasteiger partial charge in [-0.1, -0.05) is 13.8 Å². The first kappa shape index (κ1) is 18.8. The molecule has 0 spiro atoms. The van der Waals surface area contributed by atoms with Crippen molar-refractivity contribution in [2.75, 3.05) is 47.4 Å². The monoisotopic (exact) mass is 295 g/mol. The van der Waals surface area contributed by atoms with Gasteiger partial charge in [-0.2, -0.15) is 17.0 Å². The Kier molecular flexibility index (Phi) is 9.55. The van der Waals surface area contributed by atoms with Crippen molar-refractivity contribution in [1.29, 1.82) is 0 Å². The molecule has 0 aromatic carbocycles. The molecule has 0 fully saturated rings. The fourth-order valence-electron chi connectivity index (χ4n) is 1.59. The van der Waals surface area contributed by atoms with E-state index in [9.17, 15) is 8.42 Å². The topological polar surface area (TPSA) is 61.9 Å². The second kappa shape index (κ2) is 9.66. The Morgan fingerprint density at radius 3 is 2.11 bits per heavy atom. The molecule has 6 nitrogen and oxygen atoms in total. The molecule has 0 aliphatic heterocycles. The Hall–Kier alpha value is -0.210. The first-order valence-electron chi connectivity index (χ1n) is 6.72. The molecule has 7 heteroatoms. The van der Waals surface area contributed by atoms with E-state index in [2.05, 4.69) is 19.2 Å². The van der Waals surface area contributed by atoms with E-state index in [0.29, 0.717) is 32.2 Å². The molecule has 0 aromatic heterocycles. The zero-order valence-corrected chi connectivity index (χ0v) is 13.7. The van der Waals surface area contributed by atoms with Crippen LogP contribution in [-0.2, 0) is 14.9 Å². The number of nitrogens with one attached hydrogen (secondary N) is 1. The summed E-state index contributed by atoms with van der Waals surface area (Å²) in [4.78, 5) is 0. The van der Waals surface area contributed by atoms with Crippen LogP contribution < -0.4 is 5.32 Å². The van der Waals surface area contributed by atoms with Crippen molar-refractivity contribution in [3.05, 3.63) is 0 Å². The second-order valence-corrected chi connectivity index (χ2v) is 7.10. The minimum absolute atomic E-state index is 0.429. The molecule has 0 atom stereocenters. The number of hydrogen-bond donors (Lipinski definition) is 1. The van der Waals surface area contributed by atoms with E-state index >= 15 is 0 Å². The normalized spacial score (nSPS) is 12.8. The van der Waals surface area contributed by atoms with Gasteiger partial charge in [0.2, 0.25) is 0 Å². The van der Waals surface area contributed by atoms with E-state index in [1.165, 1.54) is 8.61 Å². The first-order chi connectivity index (χ1) is 8.82. The van der Waals surface area contributed by atoms with Crippen LogP contribution in [0, 0.1) is 0 Å². The lowest BCUT2D eigenvalue weighted by Gasteiger charge is -2.24. The number of hydrogen-bond acceptors (Lipinski definition) is 4. The van der Waals surface area contributed by atoms with Crippen LogP contribution in [0.15, 0.2) is 0 Å². The van der Waals surface area contributed by atoms with Gasteiger partial charge in [-0.15, -0.1) is 0 Å². The molecule has 1 N–H and O–H groups in total. The van der Waals surface area contributed by atoms with Crippen molar-refractivity contribution in [3.63, 3.8) is 0 Å². The van der Waals surface area contributed by atoms with E-state index in [1.807, 2.05) is 0 Å². The molecule has 0 bridgehead atoms. The SMILES string of the molecule is COCCCN(C)S(=O)(=O)N(C)CCCNC(C)C. The molecular weight excluding hydrogens is 266 g/mol. The van der Waals surface area contributed by atoms with Crippen LogP contribution >= 0.6 is 0 Å². The van der Waals surface area contributed by atoms with Gasteiger partial charge in [-0.25, -0.2) is 0 Å². The van der Waals surface area contributed by atoms with Crippen molar-refractivity contribution >= 4 is 10.2 Å². The summed E-state index contributed by atoms with van der Waals surface area (Å²) in [5.41, 5.74) is 0. The maximum atomic E-state index is 12.1. The van der Waals surface area contributed by atoms with Gasteiger partial charge in [-0.3, -0.25) is 0 Å². The Bertz CT molecular complexity index is 320. The molecule has 0 rings (SSSR count). The van der Waals surface area contributed by atoms with Gasteiger partial charge in [0.1, 0.15) is 0 Å². The third-order valence-corrected chi connectivity index (χ3v) is 4.75. The molecular formula is C12H29N3O3S. The summed E-state index contributed by atoms with van der Waals surface area (Å²) in [5, 5.41) is 3.27. The zero-order valence-electron chi connectivity index (χ0n) is 12.8. The van der Waals surface area contributed by atoms with Crippen LogP contribution in [0.4, 0.5) is 0 Å². The van der Waals surface area contributed by atoms with E-state index in [4.69, 9.17) is 4.74 Å². The van der Waals surface area contributed by atoms with E-state index in [0.717, 1.165) is 13.0 Å². The van der Waals surface area contributed by atoms with Crippen LogP contribution in [0.2, 0.25) is 0 Å². The Labute approximate surface area is 118 Å². The minimum atomic E-state index is -3.34. The highest BCUT2D eigenvalue weighted by atomic mass is 32.2. The number of ether oxygens (including phenoxy) is 1. The summed E-state index contributed by atoms with van der Waals surface area (Å²) in [6.07, 6.45) is 1.51. The standard InChI is InChI=1S/C12H29N3O3S/c1-12(2)13-8-6-9-14(3)19(16,17)15(4)10-7-11-18-5/h12-13H,6-11H2,1-5H3. The van der Waals surface area contributed by atoms with Gasteiger partial charge >= 0.3 is 0 Å². The minimum Gasteiger partial charge on any atom is -0.385 e. The highest BCUT2D eigenvalue weighted by Gasteiger charge is 2.22. The Morgan fingerprint density at radius 2 is 1.63 bits per heavy atom. The number of rotatable bonds is 11. The fraction of sp³-hybridized carbons (Fsp3) is 1.00. The zero-order chi connectivity index (χ0) is 14.9. The molecule has 0 saturated carbocycles. The van der Waals surface area contributed by atoms with Crippen LogP contribution in [0.3, 0.4) is 0 Å². The smallest absolute Gasteiger partial charge is 0.281 e. The lowest BCUT2D eigenvalue weighted by Crippen LogP contribution is -2.41. The molecule has 0 radical (unpaired) electrons. The molecule has 0 aromatic rings. The third kappa shape index (κ3) is 7.84. The lowest BCUT2D eigenvalue weighted by molar-refractivity contribution is 0.188. The summed E-state index contributed by atoms with van der Waals surface area (Å²) >= 11 is 0. The van der Waals surface area contributed by atoms with Crippen molar-refractivity contribution < 1.29 is 13.2 Å². The van der Waals surface area contributed by atoms with Gasteiger partial charge in [0, 0.05) is 46.9 Å². The van der Waals surface area contributed by atoms with Gasteiger partial charge in [0.05, 0.1) is 0 Å². The molecule has 0 amide bonds. The average molecular weight is 295 g/mol. The second-order valence-electron chi connectivity index (χ2n) is 4.96. The molecule has 0 heterocycles. The van der Waals surface area contributed by atoms with Crippen molar-refractivity contribution in [1.82, 2.24) is 13.9 Å². The Balaban J connectivity index is 4.08. The van der Waals surface area contributed by atoms with Crippen molar-refractivity contribution in [2.45, 2.75) is 32.7 Å². The summed E-state index contributed by atoms with van der Waals surface area (Å²) in [6, 6.07) is 0.429. The quantitative estimate of drug-likeness (QED) is 0.565. The van der Waals surface area contributed by atoms with Gasteiger partial charge in [-0.05, 0) is 19.4 Å². The summed E-state index contributed by atoms with van der Waals surface area (Å²) in [7, 11) is 1.50. The summed E-state index contributed by atoms with van der Waals surface area (Å²) in [5.74, 6) is 0. The van der Waals surface area contributed by atoms with Crippen LogP contribution in [-0.4, -0.2) is 70.5 Å². The predicted octanol–water partition coefficient (Wildman–Crippen LogP) is 0.519. The van der Waals surface area contributed by atoms with Crippen LogP contribution in [0.1, 0.15) is 26.7 Å². The average Bonchev–Trinajstić information content (AvgIpc) is 2.34. The third-order valence-electron chi connectivity index (χ3n) is 2.81. The maximum absolute atomic E-state index is 12.1. The van der Waals surface area contributed by atoms with E-state index in [1.54, 1.807) is 21.2 Å². The van der Waals surface area contributed by atoms with Gasteiger partial charge in [0.15, 0.2) is 0 Å². The summed E-state index contributed by atoms with van der Waals surface area (Å²) < 4.78 is 32.0. The van der Waals surface area contributed by atoms with Crippen LogP contribution in [0.5, 0.6) is 0 Å². The van der Waals surface area contributed by atoms with Gasteiger partial charge < -0.3 is 10.1 Å². The largest absolute Gasteiger partial charge is 0.385 e. The molecule has 19 heavy (non-hydrogen) atoms. The molecule has 116 valence electrons. The molecule has 0 unspecified atom stereocenters. The molecule has 0 aliphatic rings. The van der Waals surface area contributed by atoms with Gasteiger partial charge in [0.25, 0.3) is 10.2 Å². The number of methoxy groups -OCH3 is 1. The lowest BCUT2D eigenvalue weighted by atomic mass is 10.3. The van der Waals surface area contributed by atoms with Crippen molar-refractivity contribution in [2.24, 2.45) is 0 Å². The Morgan fingerprint density at radius 1 is 1.11 bits per heavy atom. The number of nitrogens with zero attached hydrogens (tertiary/aromatic N) is 2. The molecule has 0 aliphatic carbocycles. The highest BCUT2D eigenvalue weighted by molar-refractivity contribution is 7.86. The molecule has 0 saturated heterocycles. The first-order valence-corrected chi connectivity index (χ1v) is 8.12. The highest BCUT2D eigenvalue weighted by Crippen LogP contribution is 2.05. The fourth-order valence-corrected chi connectivity index (χ4v) is 2.79. The van der Waals surface area contributed by atoms with Crippen LogP contribution in [0.25, 0.3) is 0 Å². The summed E-state index contributed by atoms with van der Waals surface area (Å²) in [6.45, 7) is 6.54.